The Morgan fingerprint density at radius 1 is 1.29 bits per heavy atom. The van der Waals surface area contributed by atoms with Gasteiger partial charge in [-0.1, -0.05) is 29.4 Å². The molecule has 3 N–H and O–H groups in total. The zero-order valence-corrected chi connectivity index (χ0v) is 12.6. The molecule has 2 aromatic rings. The number of pyridine rings is 1. The minimum Gasteiger partial charge on any atom is -0.385 e. The van der Waals surface area contributed by atoms with Crippen molar-refractivity contribution in [1.82, 2.24) is 10.4 Å². The van der Waals surface area contributed by atoms with Gasteiger partial charge >= 0.3 is 0 Å². The van der Waals surface area contributed by atoms with Gasteiger partial charge in [0.05, 0.1) is 10.8 Å². The molecule has 1 heterocycles. The molecule has 1 aromatic carbocycles. The number of amidine groups is 1. The zero-order valence-electron chi connectivity index (χ0n) is 11.0. The molecule has 0 spiro atoms. The van der Waals surface area contributed by atoms with Crippen LogP contribution in [-0.4, -0.2) is 22.5 Å². The van der Waals surface area contributed by atoms with Crippen LogP contribution in [0.3, 0.4) is 0 Å². The third-order valence-corrected chi connectivity index (χ3v) is 3.64. The largest absolute Gasteiger partial charge is 0.385 e. The van der Waals surface area contributed by atoms with Crippen molar-refractivity contribution in [2.45, 2.75) is 5.03 Å². The first-order chi connectivity index (χ1) is 10.1. The average molecular weight is 321 g/mol. The zero-order chi connectivity index (χ0) is 15.1. The fourth-order valence-corrected chi connectivity index (χ4v) is 2.20. The van der Waals surface area contributed by atoms with Gasteiger partial charge in [-0.25, -0.2) is 10.4 Å². The van der Waals surface area contributed by atoms with E-state index < -0.39 is 0 Å². The Morgan fingerprint density at radius 2 is 2.05 bits per heavy atom. The molecule has 2 rings (SSSR count). The molecule has 7 heteroatoms. The molecule has 0 radical (unpaired) electrons. The van der Waals surface area contributed by atoms with Gasteiger partial charge in [0.2, 0.25) is 0 Å². The predicted molar refractivity (Wildman–Crippen MR) is 85.5 cm³/mol. The Morgan fingerprint density at radius 3 is 2.71 bits per heavy atom. The van der Waals surface area contributed by atoms with Crippen LogP contribution < -0.4 is 11.2 Å². The Hall–Kier alpha value is -2.05. The van der Waals surface area contributed by atoms with Crippen LogP contribution in [0.1, 0.15) is 10.4 Å². The van der Waals surface area contributed by atoms with E-state index in [0.29, 0.717) is 22.2 Å². The maximum Gasteiger partial charge on any atom is 0.271 e. The molecule has 1 aromatic heterocycles. The summed E-state index contributed by atoms with van der Waals surface area (Å²) in [5.74, 6) is 0.420. The van der Waals surface area contributed by atoms with E-state index in [9.17, 15) is 4.79 Å². The first kappa shape index (κ1) is 15.3. The van der Waals surface area contributed by atoms with E-state index in [2.05, 4.69) is 15.5 Å². The summed E-state index contributed by atoms with van der Waals surface area (Å²) in [5, 5.41) is 5.27. The summed E-state index contributed by atoms with van der Waals surface area (Å²) in [5.41, 5.74) is 8.61. The van der Waals surface area contributed by atoms with Crippen molar-refractivity contribution < 1.29 is 4.79 Å². The van der Waals surface area contributed by atoms with Crippen LogP contribution in [0, 0.1) is 0 Å². The summed E-state index contributed by atoms with van der Waals surface area (Å²) < 4.78 is 0. The fraction of sp³-hybridized carbons (Fsp3) is 0.0714. The summed E-state index contributed by atoms with van der Waals surface area (Å²) >= 11 is 7.20. The van der Waals surface area contributed by atoms with Gasteiger partial charge in [-0.3, -0.25) is 4.79 Å². The van der Waals surface area contributed by atoms with E-state index in [-0.39, 0.29) is 5.91 Å². The third kappa shape index (κ3) is 5.09. The molecule has 0 atom stereocenters. The van der Waals surface area contributed by atoms with Crippen LogP contribution in [-0.2, 0) is 0 Å². The van der Waals surface area contributed by atoms with Gasteiger partial charge in [0.15, 0.2) is 0 Å². The molecule has 0 aliphatic heterocycles. The number of aromatic nitrogens is 1. The molecule has 0 aliphatic carbocycles. The lowest BCUT2D eigenvalue weighted by molar-refractivity contribution is 0.0954. The fourth-order valence-electron chi connectivity index (χ4n) is 1.40. The molecule has 108 valence electrons. The number of hydrogen-bond donors (Lipinski definition) is 2. The lowest BCUT2D eigenvalue weighted by atomic mass is 10.2. The number of halogens is 1. The summed E-state index contributed by atoms with van der Waals surface area (Å²) in [6, 6.07) is 12.1. The van der Waals surface area contributed by atoms with Gasteiger partial charge in [0, 0.05) is 16.8 Å². The van der Waals surface area contributed by atoms with Crippen LogP contribution in [0.2, 0.25) is 5.02 Å². The molecule has 0 saturated heterocycles. The van der Waals surface area contributed by atoms with Crippen molar-refractivity contribution in [3.8, 4) is 0 Å². The predicted octanol–water partition coefficient (Wildman–Crippen LogP) is 2.53. The Kier molecular flexibility index (Phi) is 5.59. The van der Waals surface area contributed by atoms with Gasteiger partial charge < -0.3 is 5.73 Å². The number of hydrazone groups is 1. The minimum absolute atomic E-state index is 0.313. The molecule has 0 bridgehead atoms. The first-order valence-electron chi connectivity index (χ1n) is 6.07. The van der Waals surface area contributed by atoms with Crippen molar-refractivity contribution >= 4 is 35.1 Å². The highest BCUT2D eigenvalue weighted by molar-refractivity contribution is 7.99. The van der Waals surface area contributed by atoms with Gasteiger partial charge in [-0.05, 0) is 36.4 Å². The summed E-state index contributed by atoms with van der Waals surface area (Å²) in [4.78, 5) is 16.0. The minimum atomic E-state index is -0.336. The van der Waals surface area contributed by atoms with Gasteiger partial charge in [0.25, 0.3) is 5.91 Å². The summed E-state index contributed by atoms with van der Waals surface area (Å²) in [6.07, 6.45) is 1.71. The molecule has 21 heavy (non-hydrogen) atoms. The van der Waals surface area contributed by atoms with E-state index in [1.54, 1.807) is 30.5 Å². The van der Waals surface area contributed by atoms with Crippen LogP contribution in [0.5, 0.6) is 0 Å². The quantitative estimate of drug-likeness (QED) is 0.384. The van der Waals surface area contributed by atoms with Crippen molar-refractivity contribution in [2.24, 2.45) is 10.8 Å². The topological polar surface area (TPSA) is 80.4 Å². The van der Waals surface area contributed by atoms with Crippen molar-refractivity contribution in [2.75, 3.05) is 5.75 Å². The highest BCUT2D eigenvalue weighted by atomic mass is 35.5. The van der Waals surface area contributed by atoms with Gasteiger partial charge in [-0.15, -0.1) is 0 Å². The number of carbonyl (C=O) groups is 1. The monoisotopic (exact) mass is 320 g/mol. The number of nitrogens with two attached hydrogens (primary N) is 1. The molecule has 0 unspecified atom stereocenters. The molecule has 5 nitrogen and oxygen atoms in total. The number of hydrogen-bond acceptors (Lipinski definition) is 4. The van der Waals surface area contributed by atoms with E-state index >= 15 is 0 Å². The summed E-state index contributed by atoms with van der Waals surface area (Å²) in [7, 11) is 0. The highest BCUT2D eigenvalue weighted by Gasteiger charge is 2.04. The number of thioether (sulfide) groups is 1. The van der Waals surface area contributed by atoms with Crippen LogP contribution in [0.15, 0.2) is 58.8 Å². The standard InChI is InChI=1S/C14H13ClN4OS/c15-11-6-4-10(5-7-11)14(20)19-18-12(16)9-21-13-3-1-2-8-17-13/h1-8H,9H2,(H2,16,18)(H,19,20). The molecule has 0 fully saturated rings. The smallest absolute Gasteiger partial charge is 0.271 e. The number of rotatable bonds is 5. The second kappa shape index (κ2) is 7.66. The van der Waals surface area contributed by atoms with Gasteiger partial charge in [-0.2, -0.15) is 5.10 Å². The Labute approximate surface area is 131 Å². The molecule has 0 saturated carbocycles. The van der Waals surface area contributed by atoms with Crippen molar-refractivity contribution in [1.29, 1.82) is 0 Å². The number of nitrogens with one attached hydrogen (secondary N) is 1. The van der Waals surface area contributed by atoms with E-state index in [0.717, 1.165) is 5.03 Å². The third-order valence-electron chi connectivity index (χ3n) is 2.41. The van der Waals surface area contributed by atoms with Crippen LogP contribution in [0.4, 0.5) is 0 Å². The maximum absolute atomic E-state index is 11.8. The summed E-state index contributed by atoms with van der Waals surface area (Å²) in [6.45, 7) is 0. The van der Waals surface area contributed by atoms with E-state index in [1.807, 2.05) is 18.2 Å². The lowest BCUT2D eigenvalue weighted by Gasteiger charge is -2.03. The highest BCUT2D eigenvalue weighted by Crippen LogP contribution is 2.13. The second-order valence-electron chi connectivity index (χ2n) is 4.01. The van der Waals surface area contributed by atoms with E-state index in [1.165, 1.54) is 11.8 Å². The van der Waals surface area contributed by atoms with Gasteiger partial charge in [0.1, 0.15) is 5.84 Å². The second-order valence-corrected chi connectivity index (χ2v) is 5.44. The van der Waals surface area contributed by atoms with Crippen molar-refractivity contribution in [3.05, 3.63) is 59.2 Å². The van der Waals surface area contributed by atoms with Crippen molar-refractivity contribution in [3.63, 3.8) is 0 Å². The molecular formula is C14H13ClN4OS. The molecular weight excluding hydrogens is 308 g/mol. The first-order valence-corrected chi connectivity index (χ1v) is 7.43. The van der Waals surface area contributed by atoms with Crippen LogP contribution >= 0.6 is 23.4 Å². The maximum atomic E-state index is 11.8. The number of nitrogens with zero attached hydrogens (tertiary/aromatic N) is 2. The van der Waals surface area contributed by atoms with E-state index in [4.69, 9.17) is 17.3 Å². The molecule has 0 aliphatic rings. The van der Waals surface area contributed by atoms with Crippen LogP contribution in [0.25, 0.3) is 0 Å². The normalized spacial score (nSPS) is 11.2. The number of carbonyl (C=O) groups excluding carboxylic acids is 1. The Balaban J connectivity index is 1.85. The lowest BCUT2D eigenvalue weighted by Crippen LogP contribution is -2.24. The number of benzene rings is 1. The number of amides is 1. The Bertz CT molecular complexity index is 631. The SMILES string of the molecule is N/C(CSc1ccccn1)=N\NC(=O)c1ccc(Cl)cc1. The molecule has 1 amide bonds. The average Bonchev–Trinajstić information content (AvgIpc) is 2.52.